The van der Waals surface area contributed by atoms with Gasteiger partial charge >= 0.3 is 0 Å². The highest BCUT2D eigenvalue weighted by Gasteiger charge is 2.13. The fourth-order valence-corrected chi connectivity index (χ4v) is 2.91. The number of thiophene rings is 1. The third-order valence-corrected chi connectivity index (χ3v) is 4.29. The molecule has 0 aromatic carbocycles. The molecule has 3 N–H and O–H groups in total. The number of nitrogens with one attached hydrogen (secondary N) is 1. The van der Waals surface area contributed by atoms with E-state index in [9.17, 15) is 8.42 Å². The van der Waals surface area contributed by atoms with E-state index in [1.165, 1.54) is 11.3 Å². The van der Waals surface area contributed by atoms with E-state index in [0.29, 0.717) is 23.7 Å². The Hall–Kier alpha value is -0.140. The van der Waals surface area contributed by atoms with E-state index in [2.05, 4.69) is 4.72 Å². The summed E-state index contributed by atoms with van der Waals surface area (Å²) in [5.41, 5.74) is 5.24. The summed E-state index contributed by atoms with van der Waals surface area (Å²) >= 11 is 1.21. The molecule has 0 bridgehead atoms. The van der Waals surface area contributed by atoms with Gasteiger partial charge in [-0.05, 0) is 24.4 Å². The van der Waals surface area contributed by atoms with Crippen LogP contribution < -0.4 is 10.5 Å². The van der Waals surface area contributed by atoms with Gasteiger partial charge in [0.1, 0.15) is 4.21 Å². The molecule has 0 aliphatic heterocycles. The third-order valence-electron chi connectivity index (χ3n) is 1.43. The van der Waals surface area contributed by atoms with Crippen LogP contribution in [0.2, 0.25) is 0 Å². The van der Waals surface area contributed by atoms with Crippen molar-refractivity contribution in [3.05, 3.63) is 17.5 Å². The first-order chi connectivity index (χ1) is 6.17. The van der Waals surface area contributed by atoms with E-state index in [1.807, 2.05) is 0 Å². The monoisotopic (exact) mass is 256 g/mol. The van der Waals surface area contributed by atoms with Crippen LogP contribution in [0.5, 0.6) is 0 Å². The van der Waals surface area contributed by atoms with Gasteiger partial charge in [0.15, 0.2) is 0 Å². The zero-order chi connectivity index (χ0) is 9.73. The van der Waals surface area contributed by atoms with Gasteiger partial charge in [0.25, 0.3) is 0 Å². The largest absolute Gasteiger partial charge is 0.330 e. The van der Waals surface area contributed by atoms with E-state index in [1.54, 1.807) is 17.5 Å². The molecule has 1 rings (SSSR count). The van der Waals surface area contributed by atoms with Crippen molar-refractivity contribution in [2.24, 2.45) is 5.73 Å². The van der Waals surface area contributed by atoms with Crippen molar-refractivity contribution < 1.29 is 8.42 Å². The van der Waals surface area contributed by atoms with E-state index in [0.717, 1.165) is 0 Å². The van der Waals surface area contributed by atoms with Crippen molar-refractivity contribution in [3.8, 4) is 0 Å². The molecule has 14 heavy (non-hydrogen) atoms. The van der Waals surface area contributed by atoms with Crippen molar-refractivity contribution in [2.45, 2.75) is 10.6 Å². The maximum Gasteiger partial charge on any atom is 0.250 e. The summed E-state index contributed by atoms with van der Waals surface area (Å²) in [7, 11) is -3.28. The van der Waals surface area contributed by atoms with Gasteiger partial charge in [-0.2, -0.15) is 0 Å². The molecular weight excluding hydrogens is 244 g/mol. The van der Waals surface area contributed by atoms with Crippen molar-refractivity contribution in [1.29, 1.82) is 0 Å². The minimum absolute atomic E-state index is 0. The summed E-state index contributed by atoms with van der Waals surface area (Å²) in [6.45, 7) is 0.893. The fourth-order valence-electron chi connectivity index (χ4n) is 0.796. The zero-order valence-corrected chi connectivity index (χ0v) is 9.92. The molecule has 0 atom stereocenters. The van der Waals surface area contributed by atoms with Crippen molar-refractivity contribution in [2.75, 3.05) is 13.1 Å². The lowest BCUT2D eigenvalue weighted by Gasteiger charge is -2.02. The van der Waals surface area contributed by atoms with Crippen LogP contribution in [0, 0.1) is 0 Å². The minimum Gasteiger partial charge on any atom is -0.330 e. The van der Waals surface area contributed by atoms with Crippen molar-refractivity contribution in [3.63, 3.8) is 0 Å². The number of halogens is 1. The van der Waals surface area contributed by atoms with Gasteiger partial charge < -0.3 is 5.73 Å². The van der Waals surface area contributed by atoms with Crippen LogP contribution in [0.3, 0.4) is 0 Å². The van der Waals surface area contributed by atoms with Gasteiger partial charge in [0.05, 0.1) is 0 Å². The lowest BCUT2D eigenvalue weighted by atomic mass is 10.4. The molecule has 0 unspecified atom stereocenters. The summed E-state index contributed by atoms with van der Waals surface area (Å²) < 4.78 is 25.7. The summed E-state index contributed by atoms with van der Waals surface area (Å²) in [4.78, 5) is 0. The summed E-state index contributed by atoms with van der Waals surface area (Å²) in [5.74, 6) is 0. The summed E-state index contributed by atoms with van der Waals surface area (Å²) in [6.07, 6.45) is 0.657. The standard InChI is InChI=1S/C7H12N2O2S2.ClH/c8-4-2-5-9-13(10,11)7-3-1-6-12-7;/h1,3,6,9H,2,4-5,8H2;1H. The summed E-state index contributed by atoms with van der Waals surface area (Å²) in [5, 5.41) is 1.73. The minimum atomic E-state index is -3.28. The Balaban J connectivity index is 0.00000169. The molecule has 0 aliphatic rings. The highest BCUT2D eigenvalue weighted by molar-refractivity contribution is 7.91. The maximum atomic E-state index is 11.4. The second-order valence-electron chi connectivity index (χ2n) is 2.47. The molecule has 0 radical (unpaired) electrons. The fraction of sp³-hybridized carbons (Fsp3) is 0.429. The molecule has 0 spiro atoms. The first-order valence-corrected chi connectivity index (χ1v) is 6.26. The zero-order valence-electron chi connectivity index (χ0n) is 7.47. The second kappa shape index (κ2) is 6.36. The van der Waals surface area contributed by atoms with Crippen LogP contribution in [-0.4, -0.2) is 21.5 Å². The molecule has 0 saturated heterocycles. The van der Waals surface area contributed by atoms with Crippen LogP contribution in [0.25, 0.3) is 0 Å². The van der Waals surface area contributed by atoms with E-state index < -0.39 is 10.0 Å². The van der Waals surface area contributed by atoms with E-state index in [4.69, 9.17) is 5.73 Å². The molecule has 0 aliphatic carbocycles. The number of hydrogen-bond donors (Lipinski definition) is 2. The Kier molecular flexibility index (Phi) is 6.30. The Labute approximate surface area is 94.0 Å². The van der Waals surface area contributed by atoms with Gasteiger partial charge in [-0.15, -0.1) is 23.7 Å². The van der Waals surface area contributed by atoms with Gasteiger partial charge in [0, 0.05) is 6.54 Å². The second-order valence-corrected chi connectivity index (χ2v) is 5.41. The molecular formula is C7H13ClN2O2S2. The number of nitrogens with two attached hydrogens (primary N) is 1. The lowest BCUT2D eigenvalue weighted by molar-refractivity contribution is 0.581. The normalized spacial score (nSPS) is 10.9. The quantitative estimate of drug-likeness (QED) is 0.766. The average Bonchev–Trinajstić information content (AvgIpc) is 2.56. The molecule has 1 aromatic heterocycles. The molecule has 0 amide bonds. The molecule has 1 aromatic rings. The van der Waals surface area contributed by atoms with Gasteiger partial charge in [-0.1, -0.05) is 6.07 Å². The SMILES string of the molecule is Cl.NCCCNS(=O)(=O)c1cccs1. The molecule has 7 heteroatoms. The Morgan fingerprint density at radius 2 is 2.21 bits per heavy atom. The van der Waals surface area contributed by atoms with E-state index >= 15 is 0 Å². The first-order valence-electron chi connectivity index (χ1n) is 3.90. The van der Waals surface area contributed by atoms with Crippen LogP contribution in [0.4, 0.5) is 0 Å². The topological polar surface area (TPSA) is 72.2 Å². The molecule has 0 fully saturated rings. The first kappa shape index (κ1) is 13.9. The van der Waals surface area contributed by atoms with E-state index in [-0.39, 0.29) is 12.4 Å². The van der Waals surface area contributed by atoms with Crippen LogP contribution >= 0.6 is 23.7 Å². The van der Waals surface area contributed by atoms with Gasteiger partial charge in [-0.3, -0.25) is 0 Å². The Morgan fingerprint density at radius 1 is 1.50 bits per heavy atom. The lowest BCUT2D eigenvalue weighted by Crippen LogP contribution is -2.25. The number of hydrogen-bond acceptors (Lipinski definition) is 4. The van der Waals surface area contributed by atoms with Crippen LogP contribution in [0.15, 0.2) is 21.7 Å². The van der Waals surface area contributed by atoms with Crippen LogP contribution in [0.1, 0.15) is 6.42 Å². The Morgan fingerprint density at radius 3 is 2.71 bits per heavy atom. The molecule has 1 heterocycles. The molecule has 82 valence electrons. The van der Waals surface area contributed by atoms with Gasteiger partial charge in [-0.25, -0.2) is 13.1 Å². The molecule has 0 saturated carbocycles. The highest BCUT2D eigenvalue weighted by Crippen LogP contribution is 2.14. The predicted octanol–water partition coefficient (Wildman–Crippen LogP) is 0.797. The smallest absolute Gasteiger partial charge is 0.250 e. The van der Waals surface area contributed by atoms with Crippen LogP contribution in [-0.2, 0) is 10.0 Å². The van der Waals surface area contributed by atoms with Crippen molar-refractivity contribution >= 4 is 33.8 Å². The summed E-state index contributed by atoms with van der Waals surface area (Å²) in [6, 6.07) is 3.29. The average molecular weight is 257 g/mol. The maximum absolute atomic E-state index is 11.4. The number of sulfonamides is 1. The van der Waals surface area contributed by atoms with Gasteiger partial charge in [0.2, 0.25) is 10.0 Å². The Bertz CT molecular complexity index is 337. The predicted molar refractivity (Wildman–Crippen MR) is 60.4 cm³/mol. The highest BCUT2D eigenvalue weighted by atomic mass is 35.5. The number of rotatable bonds is 5. The molecule has 4 nitrogen and oxygen atoms in total. The third kappa shape index (κ3) is 3.93. The van der Waals surface area contributed by atoms with Crippen molar-refractivity contribution in [1.82, 2.24) is 4.72 Å².